The number of alkyl halides is 3. The molecule has 1 aromatic carbocycles. The van der Waals surface area contributed by atoms with E-state index in [2.05, 4.69) is 9.97 Å². The van der Waals surface area contributed by atoms with E-state index in [0.717, 1.165) is 12.3 Å². The van der Waals surface area contributed by atoms with E-state index in [1.807, 2.05) is 0 Å². The molecule has 5 nitrogen and oxygen atoms in total. The summed E-state index contributed by atoms with van der Waals surface area (Å²) in [6.45, 7) is 1.54. The van der Waals surface area contributed by atoms with Crippen LogP contribution >= 0.6 is 0 Å². The molecule has 0 radical (unpaired) electrons. The van der Waals surface area contributed by atoms with E-state index in [9.17, 15) is 18.0 Å². The van der Waals surface area contributed by atoms with Gasteiger partial charge in [0.15, 0.2) is 5.69 Å². The largest absolute Gasteiger partial charge is 0.478 e. The number of hydrogen-bond donors (Lipinski definition) is 1. The van der Waals surface area contributed by atoms with Crippen molar-refractivity contribution in [1.82, 2.24) is 9.97 Å². The smallest absolute Gasteiger partial charge is 0.433 e. The molecule has 0 saturated carbocycles. The zero-order valence-electron chi connectivity index (χ0n) is 10.7. The number of halogens is 3. The van der Waals surface area contributed by atoms with Crippen LogP contribution in [0.1, 0.15) is 21.6 Å². The molecular formula is C13H9F3N2O3. The van der Waals surface area contributed by atoms with Crippen LogP contribution in [0, 0.1) is 6.92 Å². The van der Waals surface area contributed by atoms with Crippen LogP contribution in [0.15, 0.2) is 30.5 Å². The van der Waals surface area contributed by atoms with Crippen molar-refractivity contribution in [1.29, 1.82) is 0 Å². The Kier molecular flexibility index (Phi) is 3.79. The van der Waals surface area contributed by atoms with Crippen molar-refractivity contribution in [3.05, 3.63) is 47.3 Å². The number of aromatic nitrogens is 2. The minimum absolute atomic E-state index is 0.0762. The van der Waals surface area contributed by atoms with Crippen LogP contribution in [0.5, 0.6) is 11.8 Å². The van der Waals surface area contributed by atoms with Gasteiger partial charge in [-0.25, -0.2) is 9.78 Å². The first-order valence-corrected chi connectivity index (χ1v) is 5.69. The fourth-order valence-corrected chi connectivity index (χ4v) is 1.59. The van der Waals surface area contributed by atoms with E-state index >= 15 is 0 Å². The third-order valence-electron chi connectivity index (χ3n) is 2.56. The summed E-state index contributed by atoms with van der Waals surface area (Å²) < 4.78 is 42.6. The number of carboxylic acids is 1. The average molecular weight is 298 g/mol. The monoisotopic (exact) mass is 298 g/mol. The van der Waals surface area contributed by atoms with Crippen LogP contribution in [0.25, 0.3) is 0 Å². The molecule has 0 aliphatic heterocycles. The lowest BCUT2D eigenvalue weighted by molar-refractivity contribution is -0.141. The molecule has 0 aliphatic rings. The van der Waals surface area contributed by atoms with E-state index in [1.54, 1.807) is 6.92 Å². The van der Waals surface area contributed by atoms with Gasteiger partial charge in [-0.15, -0.1) is 0 Å². The van der Waals surface area contributed by atoms with Gasteiger partial charge in [0.05, 0.1) is 5.56 Å². The van der Waals surface area contributed by atoms with Gasteiger partial charge in [-0.1, -0.05) is 0 Å². The molecule has 1 N–H and O–H groups in total. The Morgan fingerprint density at radius 2 is 2.00 bits per heavy atom. The van der Waals surface area contributed by atoms with Crippen LogP contribution < -0.4 is 4.74 Å². The molecule has 1 heterocycles. The number of ether oxygens (including phenoxy) is 1. The number of carbonyl (C=O) groups is 1. The fraction of sp³-hybridized carbons (Fsp3) is 0.154. The Morgan fingerprint density at radius 3 is 2.57 bits per heavy atom. The van der Waals surface area contributed by atoms with Crippen molar-refractivity contribution in [3.63, 3.8) is 0 Å². The molecule has 1 aromatic heterocycles. The van der Waals surface area contributed by atoms with Crippen LogP contribution in [0.3, 0.4) is 0 Å². The molecule has 0 saturated heterocycles. The molecule has 0 aliphatic carbocycles. The highest BCUT2D eigenvalue weighted by atomic mass is 19.4. The summed E-state index contributed by atoms with van der Waals surface area (Å²) >= 11 is 0. The van der Waals surface area contributed by atoms with Gasteiger partial charge < -0.3 is 9.84 Å². The molecule has 0 atom stereocenters. The van der Waals surface area contributed by atoms with Crippen LogP contribution in [0.4, 0.5) is 13.2 Å². The van der Waals surface area contributed by atoms with Crippen LogP contribution in [0.2, 0.25) is 0 Å². The molecule has 2 rings (SSSR count). The first kappa shape index (κ1) is 14.8. The standard InChI is InChI=1S/C13H9F3N2O3/c1-7-6-8(2-3-9(7)11(19)20)21-12-17-5-4-10(18-12)13(14,15)16/h2-6H,1H3,(H,19,20). The summed E-state index contributed by atoms with van der Waals surface area (Å²) in [5, 5.41) is 8.88. The Bertz CT molecular complexity index is 687. The molecule has 0 bridgehead atoms. The van der Waals surface area contributed by atoms with Gasteiger partial charge in [-0.3, -0.25) is 0 Å². The zero-order valence-corrected chi connectivity index (χ0v) is 10.7. The fourth-order valence-electron chi connectivity index (χ4n) is 1.59. The summed E-state index contributed by atoms with van der Waals surface area (Å²) in [5.74, 6) is -0.953. The SMILES string of the molecule is Cc1cc(Oc2nccc(C(F)(F)F)n2)ccc1C(=O)O. The lowest BCUT2D eigenvalue weighted by Gasteiger charge is -2.09. The van der Waals surface area contributed by atoms with Crippen LogP contribution in [-0.2, 0) is 6.18 Å². The molecule has 0 fully saturated rings. The van der Waals surface area contributed by atoms with Crippen molar-refractivity contribution in [3.8, 4) is 11.8 Å². The van der Waals surface area contributed by atoms with Gasteiger partial charge in [0, 0.05) is 6.20 Å². The number of benzene rings is 1. The van der Waals surface area contributed by atoms with Gasteiger partial charge in [-0.05, 0) is 36.8 Å². The van der Waals surface area contributed by atoms with E-state index in [-0.39, 0.29) is 11.3 Å². The Labute approximate surface area is 117 Å². The zero-order chi connectivity index (χ0) is 15.6. The maximum atomic E-state index is 12.5. The quantitative estimate of drug-likeness (QED) is 0.941. The van der Waals surface area contributed by atoms with Crippen molar-refractivity contribution >= 4 is 5.97 Å². The molecule has 110 valence electrons. The van der Waals surface area contributed by atoms with E-state index in [4.69, 9.17) is 9.84 Å². The minimum atomic E-state index is -4.59. The van der Waals surface area contributed by atoms with Crippen molar-refractivity contribution in [2.45, 2.75) is 13.1 Å². The molecule has 0 amide bonds. The highest BCUT2D eigenvalue weighted by Crippen LogP contribution is 2.29. The highest BCUT2D eigenvalue weighted by molar-refractivity contribution is 5.89. The maximum Gasteiger partial charge on any atom is 0.433 e. The number of aromatic carboxylic acids is 1. The summed E-state index contributed by atoms with van der Waals surface area (Å²) in [4.78, 5) is 17.7. The normalized spacial score (nSPS) is 11.2. The Balaban J connectivity index is 2.27. The summed E-state index contributed by atoms with van der Waals surface area (Å²) in [6, 6.07) is 4.26. The van der Waals surface area contributed by atoms with E-state index < -0.39 is 23.8 Å². The first-order valence-electron chi connectivity index (χ1n) is 5.69. The van der Waals surface area contributed by atoms with Crippen molar-refractivity contribution < 1.29 is 27.8 Å². The molecular weight excluding hydrogens is 289 g/mol. The lowest BCUT2D eigenvalue weighted by atomic mass is 10.1. The number of aryl methyl sites for hydroxylation is 1. The minimum Gasteiger partial charge on any atom is -0.478 e. The molecule has 2 aromatic rings. The number of hydrogen-bond acceptors (Lipinski definition) is 4. The van der Waals surface area contributed by atoms with Gasteiger partial charge in [0.2, 0.25) is 0 Å². The molecule has 0 unspecified atom stereocenters. The average Bonchev–Trinajstić information content (AvgIpc) is 2.37. The second-order valence-electron chi connectivity index (χ2n) is 4.11. The summed E-state index contributed by atoms with van der Waals surface area (Å²) in [6.07, 6.45) is -3.66. The number of nitrogens with zero attached hydrogens (tertiary/aromatic N) is 2. The Hall–Kier alpha value is -2.64. The van der Waals surface area contributed by atoms with Gasteiger partial charge in [-0.2, -0.15) is 18.2 Å². The highest BCUT2D eigenvalue weighted by Gasteiger charge is 2.33. The maximum absolute atomic E-state index is 12.5. The van der Waals surface area contributed by atoms with Gasteiger partial charge in [0.1, 0.15) is 5.75 Å². The second kappa shape index (κ2) is 5.39. The third kappa shape index (κ3) is 3.47. The van der Waals surface area contributed by atoms with Gasteiger partial charge in [0.25, 0.3) is 0 Å². The van der Waals surface area contributed by atoms with Crippen molar-refractivity contribution in [2.75, 3.05) is 0 Å². The topological polar surface area (TPSA) is 72.3 Å². The Morgan fingerprint density at radius 1 is 1.29 bits per heavy atom. The predicted molar refractivity (Wildman–Crippen MR) is 65.2 cm³/mol. The van der Waals surface area contributed by atoms with E-state index in [0.29, 0.717) is 5.56 Å². The van der Waals surface area contributed by atoms with E-state index in [1.165, 1.54) is 18.2 Å². The first-order chi connectivity index (χ1) is 9.77. The second-order valence-corrected chi connectivity index (χ2v) is 4.11. The van der Waals surface area contributed by atoms with Crippen molar-refractivity contribution in [2.24, 2.45) is 0 Å². The summed E-state index contributed by atoms with van der Waals surface area (Å²) in [7, 11) is 0. The lowest BCUT2D eigenvalue weighted by Crippen LogP contribution is -2.09. The number of carboxylic acid groups (broad SMARTS) is 1. The third-order valence-corrected chi connectivity index (χ3v) is 2.56. The molecule has 0 spiro atoms. The molecule has 21 heavy (non-hydrogen) atoms. The van der Waals surface area contributed by atoms with Crippen LogP contribution in [-0.4, -0.2) is 21.0 Å². The number of rotatable bonds is 3. The van der Waals surface area contributed by atoms with Gasteiger partial charge >= 0.3 is 18.2 Å². The summed E-state index contributed by atoms with van der Waals surface area (Å²) in [5.41, 5.74) is -0.634. The predicted octanol–water partition coefficient (Wildman–Crippen LogP) is 3.29. The molecule has 8 heteroatoms.